The lowest BCUT2D eigenvalue weighted by Gasteiger charge is -2.18. The van der Waals surface area contributed by atoms with Crippen LogP contribution in [0.3, 0.4) is 0 Å². The SMILES string of the molecule is COC(=O)CCCCC1SCC(NC(=O)OC)C1O. The molecule has 1 fully saturated rings. The van der Waals surface area contributed by atoms with Gasteiger partial charge in [-0.3, -0.25) is 4.79 Å². The van der Waals surface area contributed by atoms with Crippen LogP contribution in [0.25, 0.3) is 0 Å². The van der Waals surface area contributed by atoms with E-state index >= 15 is 0 Å². The van der Waals surface area contributed by atoms with Crippen molar-refractivity contribution in [2.45, 2.75) is 43.1 Å². The highest BCUT2D eigenvalue weighted by Crippen LogP contribution is 2.31. The van der Waals surface area contributed by atoms with E-state index in [2.05, 4.69) is 14.8 Å². The fourth-order valence-corrected chi connectivity index (χ4v) is 3.45. The summed E-state index contributed by atoms with van der Waals surface area (Å²) >= 11 is 1.64. The number of alkyl carbamates (subject to hydrolysis) is 1. The first-order chi connectivity index (χ1) is 9.08. The van der Waals surface area contributed by atoms with E-state index in [-0.39, 0.29) is 17.3 Å². The molecule has 1 aliphatic heterocycles. The van der Waals surface area contributed by atoms with Crippen LogP contribution in [0.1, 0.15) is 25.7 Å². The minimum absolute atomic E-state index is 0.0970. The monoisotopic (exact) mass is 291 g/mol. The van der Waals surface area contributed by atoms with E-state index in [9.17, 15) is 14.7 Å². The first-order valence-electron chi connectivity index (χ1n) is 6.29. The first kappa shape index (κ1) is 16.1. The van der Waals surface area contributed by atoms with Crippen LogP contribution in [0.2, 0.25) is 0 Å². The molecule has 0 aromatic rings. The number of amides is 1. The van der Waals surface area contributed by atoms with Crippen LogP contribution in [-0.2, 0) is 14.3 Å². The number of nitrogens with one attached hydrogen (secondary N) is 1. The summed E-state index contributed by atoms with van der Waals surface area (Å²) in [5.74, 6) is 0.475. The molecule has 3 atom stereocenters. The molecule has 0 aromatic heterocycles. The second-order valence-corrected chi connectivity index (χ2v) is 5.70. The van der Waals surface area contributed by atoms with Crippen LogP contribution in [0.4, 0.5) is 4.79 Å². The van der Waals surface area contributed by atoms with Crippen LogP contribution < -0.4 is 5.32 Å². The Kier molecular flexibility index (Phi) is 7.01. The number of carbonyl (C=O) groups excluding carboxylic acids is 2. The minimum atomic E-state index is -0.567. The zero-order valence-electron chi connectivity index (χ0n) is 11.3. The standard InChI is InChI=1S/C12H21NO5S/c1-17-10(14)6-4-3-5-9-11(15)8(7-19-9)13-12(16)18-2/h8-9,11,15H,3-7H2,1-2H3,(H,13,16). The second kappa shape index (κ2) is 8.27. The topological polar surface area (TPSA) is 84.9 Å². The minimum Gasteiger partial charge on any atom is -0.469 e. The molecule has 0 bridgehead atoms. The van der Waals surface area contributed by atoms with Crippen molar-refractivity contribution in [2.24, 2.45) is 0 Å². The number of aliphatic hydroxyl groups is 1. The van der Waals surface area contributed by atoms with Crippen LogP contribution in [0, 0.1) is 0 Å². The third kappa shape index (κ3) is 5.28. The molecular formula is C12H21NO5S. The molecular weight excluding hydrogens is 270 g/mol. The van der Waals surface area contributed by atoms with Crippen molar-refractivity contribution in [3.63, 3.8) is 0 Å². The predicted molar refractivity (Wildman–Crippen MR) is 72.1 cm³/mol. The Labute approximate surface area is 117 Å². The predicted octanol–water partition coefficient (Wildman–Crippen LogP) is 0.921. The summed E-state index contributed by atoms with van der Waals surface area (Å²) in [5.41, 5.74) is 0. The molecule has 6 nitrogen and oxygen atoms in total. The van der Waals surface area contributed by atoms with E-state index in [1.165, 1.54) is 14.2 Å². The molecule has 1 heterocycles. The zero-order valence-corrected chi connectivity index (χ0v) is 12.1. The number of unbranched alkanes of at least 4 members (excludes halogenated alkanes) is 1. The quantitative estimate of drug-likeness (QED) is 0.559. The highest BCUT2D eigenvalue weighted by Gasteiger charge is 2.35. The molecule has 0 saturated carbocycles. The van der Waals surface area contributed by atoms with Gasteiger partial charge in [-0.2, -0.15) is 11.8 Å². The lowest BCUT2D eigenvalue weighted by atomic mass is 10.0. The summed E-state index contributed by atoms with van der Waals surface area (Å²) in [5, 5.41) is 12.8. The van der Waals surface area contributed by atoms with Gasteiger partial charge >= 0.3 is 12.1 Å². The third-order valence-corrected chi connectivity index (χ3v) is 4.61. The number of hydrogen-bond acceptors (Lipinski definition) is 6. The molecule has 1 rings (SSSR count). The molecule has 0 aromatic carbocycles. The van der Waals surface area contributed by atoms with Gasteiger partial charge in [0, 0.05) is 17.4 Å². The molecule has 0 spiro atoms. The normalized spacial score (nSPS) is 25.9. The Balaban J connectivity index is 2.22. The largest absolute Gasteiger partial charge is 0.469 e. The number of esters is 1. The number of hydrogen-bond donors (Lipinski definition) is 2. The van der Waals surface area contributed by atoms with Gasteiger partial charge < -0.3 is 19.9 Å². The number of aliphatic hydroxyl groups excluding tert-OH is 1. The lowest BCUT2D eigenvalue weighted by Crippen LogP contribution is -2.44. The Morgan fingerprint density at radius 2 is 2.05 bits per heavy atom. The molecule has 2 N–H and O–H groups in total. The van der Waals surface area contributed by atoms with Gasteiger partial charge in [-0.15, -0.1) is 0 Å². The summed E-state index contributed by atoms with van der Waals surface area (Å²) in [6.45, 7) is 0. The number of carbonyl (C=O) groups is 2. The molecule has 7 heteroatoms. The van der Waals surface area contributed by atoms with Crippen molar-refractivity contribution in [1.29, 1.82) is 0 Å². The Bertz CT molecular complexity index is 312. The van der Waals surface area contributed by atoms with Crippen LogP contribution in [0.15, 0.2) is 0 Å². The van der Waals surface area contributed by atoms with E-state index in [0.29, 0.717) is 12.2 Å². The van der Waals surface area contributed by atoms with Gasteiger partial charge in [0.2, 0.25) is 0 Å². The average Bonchev–Trinajstić information content (AvgIpc) is 2.75. The number of thioether (sulfide) groups is 1. The molecule has 0 radical (unpaired) electrons. The third-order valence-electron chi connectivity index (χ3n) is 3.12. The molecule has 1 aliphatic rings. The Morgan fingerprint density at radius 3 is 2.68 bits per heavy atom. The molecule has 3 unspecified atom stereocenters. The summed E-state index contributed by atoms with van der Waals surface area (Å²) in [6.07, 6.45) is 1.76. The molecule has 0 aliphatic carbocycles. The van der Waals surface area contributed by atoms with E-state index < -0.39 is 12.2 Å². The van der Waals surface area contributed by atoms with Gasteiger partial charge in [-0.25, -0.2) is 4.79 Å². The van der Waals surface area contributed by atoms with E-state index in [1.54, 1.807) is 11.8 Å². The van der Waals surface area contributed by atoms with Gasteiger partial charge in [0.25, 0.3) is 0 Å². The van der Waals surface area contributed by atoms with E-state index in [1.807, 2.05) is 0 Å². The van der Waals surface area contributed by atoms with E-state index in [4.69, 9.17) is 0 Å². The fourth-order valence-electron chi connectivity index (χ4n) is 1.99. The van der Waals surface area contributed by atoms with Crippen molar-refractivity contribution < 1.29 is 24.2 Å². The molecule has 1 amide bonds. The van der Waals surface area contributed by atoms with Crippen LogP contribution in [0.5, 0.6) is 0 Å². The van der Waals surface area contributed by atoms with Gasteiger partial charge in [0.15, 0.2) is 0 Å². The molecule has 19 heavy (non-hydrogen) atoms. The average molecular weight is 291 g/mol. The van der Waals surface area contributed by atoms with Crippen molar-refractivity contribution in [3.8, 4) is 0 Å². The maximum Gasteiger partial charge on any atom is 0.407 e. The molecule has 110 valence electrons. The number of methoxy groups -OCH3 is 2. The molecule has 1 saturated heterocycles. The number of ether oxygens (including phenoxy) is 2. The Hall–Kier alpha value is -0.950. The summed E-state index contributed by atoms with van der Waals surface area (Å²) in [7, 11) is 2.68. The van der Waals surface area contributed by atoms with Crippen molar-refractivity contribution in [1.82, 2.24) is 5.32 Å². The summed E-state index contributed by atoms with van der Waals surface area (Å²) in [4.78, 5) is 22.0. The summed E-state index contributed by atoms with van der Waals surface area (Å²) < 4.78 is 9.07. The van der Waals surface area contributed by atoms with Gasteiger partial charge in [-0.1, -0.05) is 6.42 Å². The smallest absolute Gasteiger partial charge is 0.407 e. The highest BCUT2D eigenvalue weighted by molar-refractivity contribution is 8.00. The van der Waals surface area contributed by atoms with E-state index in [0.717, 1.165) is 19.3 Å². The maximum absolute atomic E-state index is 11.1. The zero-order chi connectivity index (χ0) is 14.3. The van der Waals surface area contributed by atoms with Gasteiger partial charge in [0.05, 0.1) is 26.4 Å². The van der Waals surface area contributed by atoms with Crippen molar-refractivity contribution in [2.75, 3.05) is 20.0 Å². The maximum atomic E-state index is 11.1. The van der Waals surface area contributed by atoms with Crippen LogP contribution in [-0.4, -0.2) is 54.5 Å². The fraction of sp³-hybridized carbons (Fsp3) is 0.833. The van der Waals surface area contributed by atoms with Gasteiger partial charge in [0.1, 0.15) is 0 Å². The second-order valence-electron chi connectivity index (χ2n) is 4.43. The highest BCUT2D eigenvalue weighted by atomic mass is 32.2. The summed E-state index contributed by atoms with van der Waals surface area (Å²) in [6, 6.07) is -0.261. The van der Waals surface area contributed by atoms with Crippen molar-refractivity contribution in [3.05, 3.63) is 0 Å². The number of rotatable bonds is 6. The lowest BCUT2D eigenvalue weighted by molar-refractivity contribution is -0.140. The van der Waals surface area contributed by atoms with Crippen molar-refractivity contribution >= 4 is 23.8 Å². The first-order valence-corrected chi connectivity index (χ1v) is 7.34. The van der Waals surface area contributed by atoms with Gasteiger partial charge in [-0.05, 0) is 12.8 Å². The van der Waals surface area contributed by atoms with Crippen LogP contribution >= 0.6 is 11.8 Å². The Morgan fingerprint density at radius 1 is 1.32 bits per heavy atom.